The van der Waals surface area contributed by atoms with Gasteiger partial charge in [-0.25, -0.2) is 4.98 Å². The van der Waals surface area contributed by atoms with Crippen molar-refractivity contribution >= 4 is 38.4 Å². The van der Waals surface area contributed by atoms with Crippen LogP contribution in [-0.2, 0) is 4.79 Å². The van der Waals surface area contributed by atoms with E-state index in [1.54, 1.807) is 24.3 Å². The van der Waals surface area contributed by atoms with Crippen LogP contribution in [0.2, 0.25) is 0 Å². The minimum absolute atomic E-state index is 0.211. The van der Waals surface area contributed by atoms with Gasteiger partial charge in [0.2, 0.25) is 5.91 Å². The van der Waals surface area contributed by atoms with E-state index in [2.05, 4.69) is 26.2 Å². The number of carbonyl (C=O) groups excluding carboxylic acids is 1. The Balaban J connectivity index is 1.95. The maximum absolute atomic E-state index is 12.7. The molecule has 122 valence electrons. The average molecular weight is 386 g/mol. The van der Waals surface area contributed by atoms with Crippen molar-refractivity contribution in [3.05, 3.63) is 69.7 Å². The second kappa shape index (κ2) is 6.97. The Morgan fingerprint density at radius 3 is 2.79 bits per heavy atom. The Bertz CT molecular complexity index is 952. The molecular weight excluding hydrogens is 370 g/mol. The Labute approximate surface area is 147 Å². The second-order valence-electron chi connectivity index (χ2n) is 5.40. The quantitative estimate of drug-likeness (QED) is 0.743. The van der Waals surface area contributed by atoms with Gasteiger partial charge in [-0.1, -0.05) is 41.1 Å². The number of amides is 1. The third-order valence-corrected chi connectivity index (χ3v) is 4.30. The standard InChI is InChI=1S/C18H16BrN3O2/c1-2-16(17(23)21-13-7-5-6-12(19)10-13)22-11-20-15-9-4-3-8-14(15)18(22)24/h3-11,16H,2H2,1H3,(H,21,23)/t16-/m1/s1. The summed E-state index contributed by atoms with van der Waals surface area (Å²) in [6.45, 7) is 1.87. The van der Waals surface area contributed by atoms with Gasteiger partial charge in [0.25, 0.3) is 5.56 Å². The predicted octanol–water partition coefficient (Wildman–Crippen LogP) is 3.75. The number of benzene rings is 2. The summed E-state index contributed by atoms with van der Waals surface area (Å²) in [7, 11) is 0. The minimum Gasteiger partial charge on any atom is -0.324 e. The number of para-hydroxylation sites is 1. The highest BCUT2D eigenvalue weighted by molar-refractivity contribution is 9.10. The summed E-state index contributed by atoms with van der Waals surface area (Å²) in [5.41, 5.74) is 1.09. The fourth-order valence-corrected chi connectivity index (χ4v) is 3.00. The molecule has 0 aliphatic carbocycles. The highest BCUT2D eigenvalue weighted by Crippen LogP contribution is 2.18. The molecule has 2 aromatic carbocycles. The monoisotopic (exact) mass is 385 g/mol. The molecular formula is C18H16BrN3O2. The molecule has 1 heterocycles. The number of rotatable bonds is 4. The third kappa shape index (κ3) is 3.23. The number of hydrogen-bond acceptors (Lipinski definition) is 3. The van der Waals surface area contributed by atoms with E-state index >= 15 is 0 Å². The summed E-state index contributed by atoms with van der Waals surface area (Å²) in [6, 6.07) is 13.8. The van der Waals surface area contributed by atoms with Crippen LogP contribution in [-0.4, -0.2) is 15.5 Å². The molecule has 0 unspecified atom stereocenters. The molecule has 1 amide bonds. The number of aromatic nitrogens is 2. The van der Waals surface area contributed by atoms with Gasteiger partial charge >= 0.3 is 0 Å². The van der Waals surface area contributed by atoms with Crippen molar-refractivity contribution in [1.82, 2.24) is 9.55 Å². The van der Waals surface area contributed by atoms with E-state index in [0.29, 0.717) is 23.0 Å². The van der Waals surface area contributed by atoms with Gasteiger partial charge < -0.3 is 5.32 Å². The fourth-order valence-electron chi connectivity index (χ4n) is 2.61. The summed E-state index contributed by atoms with van der Waals surface area (Å²) < 4.78 is 2.27. The van der Waals surface area contributed by atoms with E-state index < -0.39 is 6.04 Å². The lowest BCUT2D eigenvalue weighted by atomic mass is 10.1. The van der Waals surface area contributed by atoms with E-state index in [-0.39, 0.29) is 11.5 Å². The van der Waals surface area contributed by atoms with Crippen LogP contribution in [0.5, 0.6) is 0 Å². The topological polar surface area (TPSA) is 64.0 Å². The summed E-state index contributed by atoms with van der Waals surface area (Å²) in [4.78, 5) is 29.6. The zero-order chi connectivity index (χ0) is 17.1. The van der Waals surface area contributed by atoms with Gasteiger partial charge in [-0.15, -0.1) is 0 Å². The summed E-state index contributed by atoms with van der Waals surface area (Å²) in [6.07, 6.45) is 1.93. The molecule has 0 saturated carbocycles. The van der Waals surface area contributed by atoms with Crippen LogP contribution < -0.4 is 10.9 Å². The fraction of sp³-hybridized carbons (Fsp3) is 0.167. The van der Waals surface area contributed by atoms with Crippen molar-refractivity contribution in [2.45, 2.75) is 19.4 Å². The van der Waals surface area contributed by atoms with Crippen LogP contribution in [0.1, 0.15) is 19.4 Å². The van der Waals surface area contributed by atoms with E-state index in [1.807, 2.05) is 31.2 Å². The molecule has 1 atom stereocenters. The van der Waals surface area contributed by atoms with Gasteiger partial charge in [-0.05, 0) is 36.8 Å². The SMILES string of the molecule is CC[C@H](C(=O)Nc1cccc(Br)c1)n1cnc2ccccc2c1=O. The molecule has 1 aromatic heterocycles. The van der Waals surface area contributed by atoms with Crippen LogP contribution in [0.15, 0.2) is 64.1 Å². The molecule has 0 saturated heterocycles. The van der Waals surface area contributed by atoms with Crippen molar-refractivity contribution in [3.8, 4) is 0 Å². The first-order chi connectivity index (χ1) is 11.6. The first-order valence-corrected chi connectivity index (χ1v) is 8.41. The van der Waals surface area contributed by atoms with Gasteiger partial charge in [0.05, 0.1) is 17.2 Å². The van der Waals surface area contributed by atoms with Crippen molar-refractivity contribution in [1.29, 1.82) is 0 Å². The highest BCUT2D eigenvalue weighted by Gasteiger charge is 2.21. The minimum atomic E-state index is -0.617. The highest BCUT2D eigenvalue weighted by atomic mass is 79.9. The number of carbonyl (C=O) groups is 1. The molecule has 0 spiro atoms. The largest absolute Gasteiger partial charge is 0.324 e. The first-order valence-electron chi connectivity index (χ1n) is 7.62. The number of nitrogens with zero attached hydrogens (tertiary/aromatic N) is 2. The van der Waals surface area contributed by atoms with Crippen molar-refractivity contribution in [2.75, 3.05) is 5.32 Å². The molecule has 0 aliphatic rings. The Hall–Kier alpha value is -2.47. The molecule has 0 fully saturated rings. The Morgan fingerprint density at radius 1 is 1.25 bits per heavy atom. The summed E-state index contributed by atoms with van der Waals surface area (Å²) in [5, 5.41) is 3.36. The summed E-state index contributed by atoms with van der Waals surface area (Å²) in [5.74, 6) is -0.241. The molecule has 3 rings (SSSR count). The first kappa shape index (κ1) is 16.4. The van der Waals surface area contributed by atoms with Gasteiger partial charge in [-0.2, -0.15) is 0 Å². The van der Waals surface area contributed by atoms with Gasteiger partial charge in [0.15, 0.2) is 0 Å². The molecule has 0 radical (unpaired) electrons. The van der Waals surface area contributed by atoms with Gasteiger partial charge in [0, 0.05) is 10.2 Å². The third-order valence-electron chi connectivity index (χ3n) is 3.81. The van der Waals surface area contributed by atoms with Crippen molar-refractivity contribution in [2.24, 2.45) is 0 Å². The molecule has 0 aliphatic heterocycles. The van der Waals surface area contributed by atoms with E-state index in [9.17, 15) is 9.59 Å². The van der Waals surface area contributed by atoms with Crippen molar-refractivity contribution < 1.29 is 4.79 Å². The Morgan fingerprint density at radius 2 is 2.04 bits per heavy atom. The Kier molecular flexibility index (Phi) is 4.76. The number of fused-ring (bicyclic) bond motifs is 1. The van der Waals surface area contributed by atoms with Crippen LogP contribution in [0.4, 0.5) is 5.69 Å². The van der Waals surface area contributed by atoms with E-state index in [0.717, 1.165) is 4.47 Å². The second-order valence-corrected chi connectivity index (χ2v) is 6.31. The molecule has 6 heteroatoms. The van der Waals surface area contributed by atoms with Crippen LogP contribution >= 0.6 is 15.9 Å². The maximum Gasteiger partial charge on any atom is 0.261 e. The molecule has 5 nitrogen and oxygen atoms in total. The van der Waals surface area contributed by atoms with Gasteiger partial charge in [0.1, 0.15) is 6.04 Å². The lowest BCUT2D eigenvalue weighted by molar-refractivity contribution is -0.119. The number of nitrogens with one attached hydrogen (secondary N) is 1. The number of hydrogen-bond donors (Lipinski definition) is 1. The van der Waals surface area contributed by atoms with E-state index in [1.165, 1.54) is 10.9 Å². The van der Waals surface area contributed by atoms with Gasteiger partial charge in [-0.3, -0.25) is 14.2 Å². The zero-order valence-corrected chi connectivity index (χ0v) is 14.7. The van der Waals surface area contributed by atoms with Crippen LogP contribution in [0.25, 0.3) is 10.9 Å². The van der Waals surface area contributed by atoms with E-state index in [4.69, 9.17) is 0 Å². The lowest BCUT2D eigenvalue weighted by Gasteiger charge is -2.18. The lowest BCUT2D eigenvalue weighted by Crippen LogP contribution is -2.33. The molecule has 0 bridgehead atoms. The van der Waals surface area contributed by atoms with Crippen LogP contribution in [0, 0.1) is 0 Å². The molecule has 3 aromatic rings. The zero-order valence-electron chi connectivity index (χ0n) is 13.1. The number of anilines is 1. The smallest absolute Gasteiger partial charge is 0.261 e. The average Bonchev–Trinajstić information content (AvgIpc) is 2.58. The molecule has 24 heavy (non-hydrogen) atoms. The van der Waals surface area contributed by atoms with Crippen LogP contribution in [0.3, 0.4) is 0 Å². The molecule has 1 N–H and O–H groups in total. The number of halogens is 1. The summed E-state index contributed by atoms with van der Waals surface area (Å²) >= 11 is 3.37. The van der Waals surface area contributed by atoms with Crippen molar-refractivity contribution in [3.63, 3.8) is 0 Å². The predicted molar refractivity (Wildman–Crippen MR) is 98.1 cm³/mol. The normalized spacial score (nSPS) is 12.1. The maximum atomic E-state index is 12.7.